The van der Waals surface area contributed by atoms with Crippen molar-refractivity contribution in [1.82, 2.24) is 5.32 Å². The number of carbonyl (C=O) groups excluding carboxylic acids is 3. The van der Waals surface area contributed by atoms with Gasteiger partial charge in [-0.25, -0.2) is 4.79 Å². The molecule has 1 rings (SSSR count). The van der Waals surface area contributed by atoms with Gasteiger partial charge in [0, 0.05) is 5.56 Å². The van der Waals surface area contributed by atoms with Crippen molar-refractivity contribution in [2.45, 2.75) is 39.8 Å². The first-order chi connectivity index (χ1) is 11.3. The normalized spacial score (nSPS) is 13.0. The standard InChI is InChI=1S/C17H24N2O5/c1-5-23-13-8-6-12(7-9-13)16(21)19-14(10(2)3)17(22)24-11(4)15(18)20/h6-11,14H,5H2,1-4H3,(H2,18,20)(H,19,21)/t11-,14-/m0/s1. The first-order valence-corrected chi connectivity index (χ1v) is 7.79. The molecule has 7 nitrogen and oxygen atoms in total. The predicted octanol–water partition coefficient (Wildman–Crippen LogP) is 1.26. The minimum Gasteiger partial charge on any atom is -0.494 e. The maximum Gasteiger partial charge on any atom is 0.329 e. The zero-order valence-corrected chi connectivity index (χ0v) is 14.4. The fourth-order valence-electron chi connectivity index (χ4n) is 1.90. The van der Waals surface area contributed by atoms with Crippen LogP contribution in [0.25, 0.3) is 0 Å². The molecule has 0 saturated heterocycles. The molecule has 0 radical (unpaired) electrons. The number of hydrogen-bond donors (Lipinski definition) is 2. The highest BCUT2D eigenvalue weighted by Crippen LogP contribution is 2.13. The molecule has 3 N–H and O–H groups in total. The van der Waals surface area contributed by atoms with Crippen molar-refractivity contribution in [2.24, 2.45) is 11.7 Å². The summed E-state index contributed by atoms with van der Waals surface area (Å²) in [5.74, 6) is -1.42. The lowest BCUT2D eigenvalue weighted by molar-refractivity contribution is -0.156. The summed E-state index contributed by atoms with van der Waals surface area (Å²) in [5.41, 5.74) is 5.46. The molecule has 0 aromatic heterocycles. The van der Waals surface area contributed by atoms with Crippen molar-refractivity contribution >= 4 is 17.8 Å². The summed E-state index contributed by atoms with van der Waals surface area (Å²) in [5, 5.41) is 2.62. The number of nitrogens with one attached hydrogen (secondary N) is 1. The number of esters is 1. The Hall–Kier alpha value is -2.57. The van der Waals surface area contributed by atoms with Gasteiger partial charge >= 0.3 is 5.97 Å². The van der Waals surface area contributed by atoms with Gasteiger partial charge in [0.25, 0.3) is 11.8 Å². The highest BCUT2D eigenvalue weighted by molar-refractivity contribution is 5.97. The average molecular weight is 336 g/mol. The molecule has 0 aliphatic heterocycles. The van der Waals surface area contributed by atoms with Gasteiger partial charge < -0.3 is 20.5 Å². The summed E-state index contributed by atoms with van der Waals surface area (Å²) in [7, 11) is 0. The Morgan fingerprint density at radius 3 is 2.17 bits per heavy atom. The van der Waals surface area contributed by atoms with Crippen LogP contribution in [0.2, 0.25) is 0 Å². The van der Waals surface area contributed by atoms with Gasteiger partial charge in [0.2, 0.25) is 0 Å². The van der Waals surface area contributed by atoms with E-state index in [4.69, 9.17) is 15.2 Å². The van der Waals surface area contributed by atoms with Crippen LogP contribution in [0.5, 0.6) is 5.75 Å². The Morgan fingerprint density at radius 1 is 1.12 bits per heavy atom. The van der Waals surface area contributed by atoms with Crippen LogP contribution in [-0.2, 0) is 14.3 Å². The Labute approximate surface area is 141 Å². The van der Waals surface area contributed by atoms with Crippen molar-refractivity contribution in [3.05, 3.63) is 29.8 Å². The van der Waals surface area contributed by atoms with Crippen LogP contribution in [0.1, 0.15) is 38.1 Å². The number of carbonyl (C=O) groups is 3. The Kier molecular flexibility index (Phi) is 7.23. The summed E-state index contributed by atoms with van der Waals surface area (Å²) >= 11 is 0. The van der Waals surface area contributed by atoms with Crippen LogP contribution in [-0.4, -0.2) is 36.5 Å². The largest absolute Gasteiger partial charge is 0.494 e. The first-order valence-electron chi connectivity index (χ1n) is 7.79. The first kappa shape index (κ1) is 19.5. The van der Waals surface area contributed by atoms with Gasteiger partial charge in [-0.3, -0.25) is 9.59 Å². The number of primary amides is 1. The molecule has 0 fully saturated rings. The molecule has 1 aromatic rings. The van der Waals surface area contributed by atoms with E-state index in [0.717, 1.165) is 0 Å². The zero-order chi connectivity index (χ0) is 18.3. The molecule has 2 atom stereocenters. The third kappa shape index (κ3) is 5.57. The lowest BCUT2D eigenvalue weighted by atomic mass is 10.0. The van der Waals surface area contributed by atoms with Crippen LogP contribution < -0.4 is 15.8 Å². The highest BCUT2D eigenvalue weighted by atomic mass is 16.5. The lowest BCUT2D eigenvalue weighted by Crippen LogP contribution is -2.47. The molecule has 132 valence electrons. The quantitative estimate of drug-likeness (QED) is 0.695. The summed E-state index contributed by atoms with van der Waals surface area (Å²) < 4.78 is 10.3. The molecule has 0 aliphatic rings. The molecule has 24 heavy (non-hydrogen) atoms. The van der Waals surface area contributed by atoms with Crippen molar-refractivity contribution in [1.29, 1.82) is 0 Å². The smallest absolute Gasteiger partial charge is 0.329 e. The van der Waals surface area contributed by atoms with E-state index in [1.54, 1.807) is 38.1 Å². The molecule has 0 spiro atoms. The Bertz CT molecular complexity index is 583. The van der Waals surface area contributed by atoms with E-state index in [9.17, 15) is 14.4 Å². The maximum atomic E-state index is 12.3. The van der Waals surface area contributed by atoms with E-state index in [1.807, 2.05) is 6.92 Å². The van der Waals surface area contributed by atoms with Crippen LogP contribution in [0.15, 0.2) is 24.3 Å². The number of ether oxygens (including phenoxy) is 2. The van der Waals surface area contributed by atoms with Crippen molar-refractivity contribution < 1.29 is 23.9 Å². The van der Waals surface area contributed by atoms with E-state index in [-0.39, 0.29) is 5.92 Å². The van der Waals surface area contributed by atoms with Gasteiger partial charge in [0.05, 0.1) is 6.61 Å². The summed E-state index contributed by atoms with van der Waals surface area (Å²) in [6.07, 6.45) is -1.05. The van der Waals surface area contributed by atoms with E-state index < -0.39 is 29.9 Å². The predicted molar refractivity (Wildman–Crippen MR) is 88.5 cm³/mol. The second kappa shape index (κ2) is 8.90. The molecule has 0 bridgehead atoms. The monoisotopic (exact) mass is 336 g/mol. The van der Waals surface area contributed by atoms with Gasteiger partial charge in [0.15, 0.2) is 6.10 Å². The molecule has 0 aliphatic carbocycles. The number of benzene rings is 1. The summed E-state index contributed by atoms with van der Waals surface area (Å²) in [6.45, 7) is 7.31. The lowest BCUT2D eigenvalue weighted by Gasteiger charge is -2.22. The number of rotatable bonds is 8. The summed E-state index contributed by atoms with van der Waals surface area (Å²) in [6, 6.07) is 5.68. The number of amides is 2. The molecule has 0 saturated carbocycles. The molecular formula is C17H24N2O5. The molecule has 2 amide bonds. The van der Waals surface area contributed by atoms with Gasteiger partial charge in [-0.2, -0.15) is 0 Å². The fourth-order valence-corrected chi connectivity index (χ4v) is 1.90. The van der Waals surface area contributed by atoms with E-state index in [0.29, 0.717) is 17.9 Å². The Morgan fingerprint density at radius 2 is 1.71 bits per heavy atom. The third-order valence-electron chi connectivity index (χ3n) is 3.33. The minimum atomic E-state index is -1.05. The summed E-state index contributed by atoms with van der Waals surface area (Å²) in [4.78, 5) is 35.4. The van der Waals surface area contributed by atoms with Crippen LogP contribution in [0.4, 0.5) is 0 Å². The van der Waals surface area contributed by atoms with E-state index >= 15 is 0 Å². The topological polar surface area (TPSA) is 108 Å². The number of nitrogens with two attached hydrogens (primary N) is 1. The minimum absolute atomic E-state index is 0.218. The molecular weight excluding hydrogens is 312 g/mol. The molecule has 0 heterocycles. The average Bonchev–Trinajstić information content (AvgIpc) is 2.52. The maximum absolute atomic E-state index is 12.3. The van der Waals surface area contributed by atoms with Crippen LogP contribution in [0, 0.1) is 5.92 Å². The molecule has 7 heteroatoms. The highest BCUT2D eigenvalue weighted by Gasteiger charge is 2.28. The third-order valence-corrected chi connectivity index (χ3v) is 3.33. The van der Waals surface area contributed by atoms with E-state index in [1.165, 1.54) is 6.92 Å². The zero-order valence-electron chi connectivity index (χ0n) is 14.4. The fraction of sp³-hybridized carbons (Fsp3) is 0.471. The van der Waals surface area contributed by atoms with Gasteiger partial charge in [-0.1, -0.05) is 13.8 Å². The second-order valence-electron chi connectivity index (χ2n) is 5.63. The van der Waals surface area contributed by atoms with E-state index in [2.05, 4.69) is 5.32 Å². The van der Waals surface area contributed by atoms with Crippen molar-refractivity contribution in [2.75, 3.05) is 6.61 Å². The van der Waals surface area contributed by atoms with Gasteiger partial charge in [-0.15, -0.1) is 0 Å². The molecule has 1 aromatic carbocycles. The SMILES string of the molecule is CCOc1ccc(C(=O)N[C@H](C(=O)O[C@@H](C)C(N)=O)C(C)C)cc1. The van der Waals surface area contributed by atoms with Crippen molar-refractivity contribution in [3.8, 4) is 5.75 Å². The van der Waals surface area contributed by atoms with Crippen LogP contribution in [0.3, 0.4) is 0 Å². The van der Waals surface area contributed by atoms with Gasteiger partial charge in [-0.05, 0) is 44.0 Å². The second-order valence-corrected chi connectivity index (χ2v) is 5.63. The number of hydrogen-bond acceptors (Lipinski definition) is 5. The molecule has 0 unspecified atom stereocenters. The Balaban J connectivity index is 2.78. The van der Waals surface area contributed by atoms with Crippen molar-refractivity contribution in [3.63, 3.8) is 0 Å². The van der Waals surface area contributed by atoms with Gasteiger partial charge in [0.1, 0.15) is 11.8 Å². The van der Waals surface area contributed by atoms with Crippen LogP contribution >= 0.6 is 0 Å².